The summed E-state index contributed by atoms with van der Waals surface area (Å²) >= 11 is 3.40. The van der Waals surface area contributed by atoms with Gasteiger partial charge in [-0.15, -0.1) is 0 Å². The average molecular weight is 245 g/mol. The highest BCUT2D eigenvalue weighted by Crippen LogP contribution is 2.37. The van der Waals surface area contributed by atoms with Crippen molar-refractivity contribution in [1.29, 1.82) is 0 Å². The second kappa shape index (κ2) is 3.70. The molecule has 2 N–H and O–H groups in total. The van der Waals surface area contributed by atoms with Gasteiger partial charge in [0, 0.05) is 5.92 Å². The van der Waals surface area contributed by atoms with Crippen LogP contribution in [0.3, 0.4) is 0 Å². The van der Waals surface area contributed by atoms with Crippen LogP contribution in [0.25, 0.3) is 0 Å². The van der Waals surface area contributed by atoms with E-state index in [0.29, 0.717) is 11.8 Å². The Balaban J connectivity index is 2.18. The van der Waals surface area contributed by atoms with Crippen LogP contribution in [-0.2, 0) is 0 Å². The maximum absolute atomic E-state index is 5.57. The molecule has 1 fully saturated rings. The number of rotatable bonds is 1. The molecular formula is C9H13BrN2O. The van der Waals surface area contributed by atoms with E-state index in [1.807, 2.05) is 0 Å². The van der Waals surface area contributed by atoms with Gasteiger partial charge in [-0.05, 0) is 28.8 Å². The monoisotopic (exact) mass is 244 g/mol. The van der Waals surface area contributed by atoms with E-state index in [9.17, 15) is 0 Å². The molecule has 0 atom stereocenters. The van der Waals surface area contributed by atoms with E-state index >= 15 is 0 Å². The summed E-state index contributed by atoms with van der Waals surface area (Å²) in [5.41, 5.74) is 6.58. The SMILES string of the molecule is Nc1onc(C2CCCCC2)c1Br. The standard InChI is InChI=1S/C9H13BrN2O/c10-7-8(12-13-9(7)11)6-4-2-1-3-5-6/h6H,1-5,11H2. The van der Waals surface area contributed by atoms with Crippen LogP contribution in [0.2, 0.25) is 0 Å². The second-order valence-electron chi connectivity index (χ2n) is 3.58. The Morgan fingerprint density at radius 1 is 1.31 bits per heavy atom. The third kappa shape index (κ3) is 1.73. The fourth-order valence-electron chi connectivity index (χ4n) is 1.93. The minimum Gasteiger partial charge on any atom is -0.367 e. The van der Waals surface area contributed by atoms with Crippen molar-refractivity contribution in [3.63, 3.8) is 0 Å². The Morgan fingerprint density at radius 2 is 2.00 bits per heavy atom. The molecule has 0 bridgehead atoms. The molecule has 1 aliphatic carbocycles. The van der Waals surface area contributed by atoms with Crippen molar-refractivity contribution in [2.24, 2.45) is 0 Å². The maximum Gasteiger partial charge on any atom is 0.236 e. The molecule has 1 saturated carbocycles. The van der Waals surface area contributed by atoms with Crippen molar-refractivity contribution in [3.05, 3.63) is 10.2 Å². The molecule has 72 valence electrons. The summed E-state index contributed by atoms with van der Waals surface area (Å²) in [6.07, 6.45) is 6.37. The molecule has 3 nitrogen and oxygen atoms in total. The van der Waals surface area contributed by atoms with E-state index in [1.54, 1.807) is 0 Å². The Morgan fingerprint density at radius 3 is 2.54 bits per heavy atom. The number of nitrogen functional groups attached to an aromatic ring is 1. The fourth-order valence-corrected chi connectivity index (χ4v) is 2.40. The lowest BCUT2D eigenvalue weighted by Crippen LogP contribution is -2.05. The van der Waals surface area contributed by atoms with E-state index in [2.05, 4.69) is 21.1 Å². The maximum atomic E-state index is 5.57. The van der Waals surface area contributed by atoms with Crippen LogP contribution in [0.5, 0.6) is 0 Å². The van der Waals surface area contributed by atoms with Crippen molar-refractivity contribution < 1.29 is 4.52 Å². The first-order chi connectivity index (χ1) is 6.29. The van der Waals surface area contributed by atoms with Crippen molar-refractivity contribution in [3.8, 4) is 0 Å². The Kier molecular flexibility index (Phi) is 2.58. The number of anilines is 1. The molecule has 0 amide bonds. The molecule has 0 aliphatic heterocycles. The zero-order valence-electron chi connectivity index (χ0n) is 7.42. The summed E-state index contributed by atoms with van der Waals surface area (Å²) in [5, 5.41) is 3.99. The number of hydrogen-bond donors (Lipinski definition) is 1. The number of nitrogens with zero attached hydrogens (tertiary/aromatic N) is 1. The van der Waals surface area contributed by atoms with Gasteiger partial charge < -0.3 is 10.3 Å². The van der Waals surface area contributed by atoms with Gasteiger partial charge in [0.1, 0.15) is 10.2 Å². The zero-order valence-corrected chi connectivity index (χ0v) is 9.01. The van der Waals surface area contributed by atoms with Crippen LogP contribution >= 0.6 is 15.9 Å². The Labute approximate surface area is 85.8 Å². The van der Waals surface area contributed by atoms with Gasteiger partial charge in [-0.1, -0.05) is 24.4 Å². The first kappa shape index (κ1) is 9.06. The molecular weight excluding hydrogens is 232 g/mol. The molecule has 2 rings (SSSR count). The van der Waals surface area contributed by atoms with Gasteiger partial charge in [0.15, 0.2) is 0 Å². The summed E-state index contributed by atoms with van der Waals surface area (Å²) in [6.45, 7) is 0. The summed E-state index contributed by atoms with van der Waals surface area (Å²) in [5.74, 6) is 0.949. The van der Waals surface area contributed by atoms with Crippen LogP contribution < -0.4 is 5.73 Å². The Hall–Kier alpha value is -0.510. The predicted molar refractivity (Wildman–Crippen MR) is 54.4 cm³/mol. The van der Waals surface area contributed by atoms with Gasteiger partial charge in [0.25, 0.3) is 0 Å². The van der Waals surface area contributed by atoms with Crippen LogP contribution in [0.15, 0.2) is 9.00 Å². The molecule has 13 heavy (non-hydrogen) atoms. The van der Waals surface area contributed by atoms with E-state index < -0.39 is 0 Å². The topological polar surface area (TPSA) is 52.0 Å². The summed E-state index contributed by atoms with van der Waals surface area (Å²) < 4.78 is 5.79. The molecule has 0 radical (unpaired) electrons. The lowest BCUT2D eigenvalue weighted by atomic mass is 9.87. The van der Waals surface area contributed by atoms with Gasteiger partial charge in [0.2, 0.25) is 5.88 Å². The molecule has 1 aromatic heterocycles. The smallest absolute Gasteiger partial charge is 0.236 e. The lowest BCUT2D eigenvalue weighted by molar-refractivity contribution is 0.387. The minimum atomic E-state index is 0.403. The highest BCUT2D eigenvalue weighted by Gasteiger charge is 2.22. The van der Waals surface area contributed by atoms with Crippen LogP contribution in [0.1, 0.15) is 43.7 Å². The third-order valence-electron chi connectivity index (χ3n) is 2.68. The van der Waals surface area contributed by atoms with Gasteiger partial charge in [-0.3, -0.25) is 0 Å². The van der Waals surface area contributed by atoms with Crippen molar-refractivity contribution >= 4 is 21.8 Å². The largest absolute Gasteiger partial charge is 0.367 e. The summed E-state index contributed by atoms with van der Waals surface area (Å²) in [7, 11) is 0. The zero-order chi connectivity index (χ0) is 9.26. The van der Waals surface area contributed by atoms with Gasteiger partial charge in [-0.25, -0.2) is 0 Å². The van der Waals surface area contributed by atoms with E-state index in [1.165, 1.54) is 32.1 Å². The second-order valence-corrected chi connectivity index (χ2v) is 4.37. The van der Waals surface area contributed by atoms with Crippen molar-refractivity contribution in [1.82, 2.24) is 5.16 Å². The predicted octanol–water partition coefficient (Wildman–Crippen LogP) is 3.07. The fraction of sp³-hybridized carbons (Fsp3) is 0.667. The molecule has 1 aliphatic rings. The quantitative estimate of drug-likeness (QED) is 0.827. The number of halogens is 1. The molecule has 4 heteroatoms. The van der Waals surface area contributed by atoms with Gasteiger partial charge in [0.05, 0.1) is 0 Å². The van der Waals surface area contributed by atoms with Crippen LogP contribution in [-0.4, -0.2) is 5.16 Å². The summed E-state index contributed by atoms with van der Waals surface area (Å²) in [4.78, 5) is 0. The number of aromatic nitrogens is 1. The molecule has 0 unspecified atom stereocenters. The van der Waals surface area contributed by atoms with E-state index in [-0.39, 0.29) is 0 Å². The molecule has 0 saturated heterocycles. The van der Waals surface area contributed by atoms with Crippen LogP contribution in [0.4, 0.5) is 5.88 Å². The highest BCUT2D eigenvalue weighted by molar-refractivity contribution is 9.10. The normalized spacial score (nSPS) is 19.2. The summed E-state index contributed by atoms with van der Waals surface area (Å²) in [6, 6.07) is 0. The highest BCUT2D eigenvalue weighted by atomic mass is 79.9. The van der Waals surface area contributed by atoms with E-state index in [4.69, 9.17) is 10.3 Å². The third-order valence-corrected chi connectivity index (χ3v) is 3.47. The lowest BCUT2D eigenvalue weighted by Gasteiger charge is -2.19. The van der Waals surface area contributed by atoms with Gasteiger partial charge >= 0.3 is 0 Å². The molecule has 0 aromatic carbocycles. The molecule has 1 heterocycles. The van der Waals surface area contributed by atoms with Crippen LogP contribution in [0, 0.1) is 0 Å². The van der Waals surface area contributed by atoms with E-state index in [0.717, 1.165) is 10.2 Å². The first-order valence-electron chi connectivity index (χ1n) is 4.69. The number of nitrogens with two attached hydrogens (primary N) is 1. The number of hydrogen-bond acceptors (Lipinski definition) is 3. The minimum absolute atomic E-state index is 0.403. The Bertz CT molecular complexity index is 292. The average Bonchev–Trinajstić information content (AvgIpc) is 2.49. The van der Waals surface area contributed by atoms with Gasteiger partial charge in [-0.2, -0.15) is 0 Å². The molecule has 0 spiro atoms. The van der Waals surface area contributed by atoms with Crippen molar-refractivity contribution in [2.45, 2.75) is 38.0 Å². The first-order valence-corrected chi connectivity index (χ1v) is 5.49. The van der Waals surface area contributed by atoms with Crippen molar-refractivity contribution in [2.75, 3.05) is 5.73 Å². The molecule has 1 aromatic rings.